The van der Waals surface area contributed by atoms with Gasteiger partial charge in [0.1, 0.15) is 11.5 Å². The van der Waals surface area contributed by atoms with Crippen molar-refractivity contribution in [1.29, 1.82) is 0 Å². The summed E-state index contributed by atoms with van der Waals surface area (Å²) in [6.07, 6.45) is 5.27. The predicted molar refractivity (Wildman–Crippen MR) is 111 cm³/mol. The van der Waals surface area contributed by atoms with E-state index in [-0.39, 0.29) is 11.7 Å². The molecule has 0 radical (unpaired) electrons. The third kappa shape index (κ3) is 3.33. The Morgan fingerprint density at radius 3 is 2.59 bits per heavy atom. The molecular weight excluding hydrogens is 371 g/mol. The van der Waals surface area contributed by atoms with Crippen LogP contribution in [0.25, 0.3) is 11.6 Å². The van der Waals surface area contributed by atoms with Crippen LogP contribution in [0.2, 0.25) is 0 Å². The van der Waals surface area contributed by atoms with E-state index >= 15 is 0 Å². The van der Waals surface area contributed by atoms with Crippen molar-refractivity contribution in [2.45, 2.75) is 0 Å². The second-order valence-electron chi connectivity index (χ2n) is 6.98. The molecule has 5 rings (SSSR count). The number of nitrogens with zero attached hydrogens (tertiary/aromatic N) is 5. The summed E-state index contributed by atoms with van der Waals surface area (Å²) in [5.41, 5.74) is 3.35. The summed E-state index contributed by atoms with van der Waals surface area (Å²) >= 11 is 0. The van der Waals surface area contributed by atoms with Crippen LogP contribution in [-0.2, 0) is 0 Å². The molecule has 7 nitrogen and oxygen atoms in total. The van der Waals surface area contributed by atoms with E-state index < -0.39 is 0 Å². The molecule has 4 heterocycles. The van der Waals surface area contributed by atoms with Gasteiger partial charge in [0.05, 0.1) is 0 Å². The molecule has 2 aliphatic rings. The summed E-state index contributed by atoms with van der Waals surface area (Å²) in [6, 6.07) is 10.4. The Balaban J connectivity index is 1.31. The molecule has 0 spiro atoms. The molecule has 1 saturated heterocycles. The van der Waals surface area contributed by atoms with E-state index in [4.69, 9.17) is 0 Å². The van der Waals surface area contributed by atoms with Crippen molar-refractivity contribution in [1.82, 2.24) is 15.0 Å². The van der Waals surface area contributed by atoms with Crippen LogP contribution in [0, 0.1) is 5.82 Å². The van der Waals surface area contributed by atoms with E-state index in [9.17, 15) is 9.50 Å². The van der Waals surface area contributed by atoms with Gasteiger partial charge in [-0.3, -0.25) is 0 Å². The zero-order valence-corrected chi connectivity index (χ0v) is 15.6. The Labute approximate surface area is 166 Å². The number of aromatic amines is 1. The molecule has 0 unspecified atom stereocenters. The monoisotopic (exact) mass is 390 g/mol. The van der Waals surface area contributed by atoms with Gasteiger partial charge in [-0.25, -0.2) is 14.4 Å². The smallest absolute Gasteiger partial charge is 0.238 e. The number of aliphatic imine (C=N–C) groups is 1. The van der Waals surface area contributed by atoms with Gasteiger partial charge in [-0.2, -0.15) is 4.98 Å². The lowest BCUT2D eigenvalue weighted by molar-refractivity contribution is 0.455. The highest BCUT2D eigenvalue weighted by atomic mass is 19.1. The first-order valence-electron chi connectivity index (χ1n) is 9.43. The van der Waals surface area contributed by atoms with E-state index in [2.05, 4.69) is 29.7 Å². The summed E-state index contributed by atoms with van der Waals surface area (Å²) in [6.45, 7) is 3.06. The van der Waals surface area contributed by atoms with E-state index in [0.717, 1.165) is 43.0 Å². The van der Waals surface area contributed by atoms with Crippen molar-refractivity contribution < 1.29 is 9.50 Å². The van der Waals surface area contributed by atoms with Crippen molar-refractivity contribution in [2.75, 3.05) is 36.0 Å². The summed E-state index contributed by atoms with van der Waals surface area (Å²) in [5, 5.41) is 10.3. The maximum absolute atomic E-state index is 13.1. The third-order valence-electron chi connectivity index (χ3n) is 5.19. The van der Waals surface area contributed by atoms with E-state index in [1.165, 1.54) is 12.1 Å². The van der Waals surface area contributed by atoms with Gasteiger partial charge in [0.25, 0.3) is 0 Å². The molecule has 0 aliphatic carbocycles. The molecule has 1 aromatic carbocycles. The number of rotatable bonds is 3. The number of benzene rings is 1. The fraction of sp³-hybridized carbons (Fsp3) is 0.190. The van der Waals surface area contributed by atoms with Crippen LogP contribution in [0.15, 0.2) is 47.6 Å². The number of nitrogens with one attached hydrogen (secondary N) is 1. The summed E-state index contributed by atoms with van der Waals surface area (Å²) in [7, 11) is 0. The molecular formula is C21H19FN6O. The number of pyridine rings is 1. The lowest BCUT2D eigenvalue weighted by Crippen LogP contribution is -2.47. The number of aromatic hydroxyl groups is 1. The number of anilines is 2. The lowest BCUT2D eigenvalue weighted by Gasteiger charge is -2.35. The van der Waals surface area contributed by atoms with Crippen molar-refractivity contribution in [3.8, 4) is 5.88 Å². The predicted octanol–water partition coefficient (Wildman–Crippen LogP) is 3.23. The van der Waals surface area contributed by atoms with E-state index in [0.29, 0.717) is 17.5 Å². The largest absolute Gasteiger partial charge is 0.492 e. The Kier molecular flexibility index (Phi) is 4.23. The number of imidazole rings is 1. The van der Waals surface area contributed by atoms with Crippen molar-refractivity contribution in [3.05, 3.63) is 59.7 Å². The first-order valence-corrected chi connectivity index (χ1v) is 9.43. The number of hydrogen-bond acceptors (Lipinski definition) is 6. The average Bonchev–Trinajstić information content (AvgIpc) is 3.33. The fourth-order valence-corrected chi connectivity index (χ4v) is 3.64. The number of piperazine rings is 1. The van der Waals surface area contributed by atoms with Crippen LogP contribution in [-0.4, -0.2) is 52.5 Å². The molecule has 0 amide bonds. The number of H-pyrrole nitrogens is 1. The van der Waals surface area contributed by atoms with Crippen molar-refractivity contribution >= 4 is 35.3 Å². The first kappa shape index (κ1) is 17.4. The van der Waals surface area contributed by atoms with Crippen LogP contribution in [0.1, 0.15) is 11.3 Å². The summed E-state index contributed by atoms with van der Waals surface area (Å²) in [5.74, 6) is 1.04. The fourth-order valence-electron chi connectivity index (χ4n) is 3.64. The van der Waals surface area contributed by atoms with Crippen LogP contribution < -0.4 is 9.80 Å². The summed E-state index contributed by atoms with van der Waals surface area (Å²) < 4.78 is 13.1. The SMILES string of the molecule is Oc1nc(N2CCN(c3ccc(F)cc3)CC2)[nH]c1/C=C1\C=Nc2ncccc21. The summed E-state index contributed by atoms with van der Waals surface area (Å²) in [4.78, 5) is 20.3. The lowest BCUT2D eigenvalue weighted by atomic mass is 10.1. The van der Waals surface area contributed by atoms with Gasteiger partial charge < -0.3 is 19.9 Å². The molecule has 0 saturated carbocycles. The van der Waals surface area contributed by atoms with Gasteiger partial charge in [0, 0.05) is 55.4 Å². The second-order valence-corrected chi connectivity index (χ2v) is 6.98. The molecule has 29 heavy (non-hydrogen) atoms. The molecule has 8 heteroatoms. The molecule has 2 aromatic heterocycles. The van der Waals surface area contributed by atoms with Crippen molar-refractivity contribution in [3.63, 3.8) is 0 Å². The highest BCUT2D eigenvalue weighted by Crippen LogP contribution is 2.32. The number of halogens is 1. The molecule has 0 atom stereocenters. The minimum Gasteiger partial charge on any atom is -0.492 e. The number of allylic oxidation sites excluding steroid dienone is 1. The van der Waals surface area contributed by atoms with E-state index in [1.807, 2.05) is 18.2 Å². The maximum atomic E-state index is 13.1. The molecule has 0 bridgehead atoms. The van der Waals surface area contributed by atoms with Gasteiger partial charge in [0.15, 0.2) is 5.82 Å². The van der Waals surface area contributed by atoms with Crippen LogP contribution in [0.3, 0.4) is 0 Å². The van der Waals surface area contributed by atoms with Gasteiger partial charge >= 0.3 is 0 Å². The van der Waals surface area contributed by atoms with Crippen molar-refractivity contribution in [2.24, 2.45) is 4.99 Å². The topological polar surface area (TPSA) is 80.6 Å². The zero-order chi connectivity index (χ0) is 19.8. The van der Waals surface area contributed by atoms with Gasteiger partial charge in [0.2, 0.25) is 11.8 Å². The molecule has 1 fully saturated rings. The standard InChI is InChI=1S/C21H19FN6O/c22-15-3-5-16(6-4-15)27-8-10-28(11-9-27)21-25-18(20(29)26-21)12-14-13-24-19-17(14)2-1-7-23-19/h1-7,12-13,29H,8-11H2,(H,25,26)/b14-12+. The van der Waals surface area contributed by atoms with E-state index in [1.54, 1.807) is 24.5 Å². The molecule has 3 aromatic rings. The quantitative estimate of drug-likeness (QED) is 0.718. The third-order valence-corrected chi connectivity index (χ3v) is 5.19. The maximum Gasteiger partial charge on any atom is 0.238 e. The Morgan fingerprint density at radius 2 is 1.79 bits per heavy atom. The highest BCUT2D eigenvalue weighted by Gasteiger charge is 2.21. The van der Waals surface area contributed by atoms with Crippen LogP contribution in [0.5, 0.6) is 5.88 Å². The van der Waals surface area contributed by atoms with Crippen LogP contribution >= 0.6 is 0 Å². The highest BCUT2D eigenvalue weighted by molar-refractivity contribution is 6.20. The second kappa shape index (κ2) is 7.05. The molecule has 2 N–H and O–H groups in total. The Bertz CT molecular complexity index is 1100. The number of hydrogen-bond donors (Lipinski definition) is 2. The average molecular weight is 390 g/mol. The zero-order valence-electron chi connectivity index (χ0n) is 15.6. The minimum atomic E-state index is -0.231. The number of fused-ring (bicyclic) bond motifs is 1. The molecule has 2 aliphatic heterocycles. The van der Waals surface area contributed by atoms with Gasteiger partial charge in [-0.15, -0.1) is 0 Å². The first-order chi connectivity index (χ1) is 14.2. The Morgan fingerprint density at radius 1 is 1.03 bits per heavy atom. The van der Waals surface area contributed by atoms with Gasteiger partial charge in [-0.05, 0) is 42.5 Å². The van der Waals surface area contributed by atoms with Crippen LogP contribution in [0.4, 0.5) is 21.8 Å². The minimum absolute atomic E-state index is 0.0424. The number of aromatic nitrogens is 3. The van der Waals surface area contributed by atoms with Gasteiger partial charge in [-0.1, -0.05) is 0 Å². The molecule has 146 valence electrons. The Hall–Kier alpha value is -3.68. The normalized spacial score (nSPS) is 17.2.